The van der Waals surface area contributed by atoms with Crippen LogP contribution in [-0.4, -0.2) is 26.8 Å². The van der Waals surface area contributed by atoms with Crippen LogP contribution in [0.4, 0.5) is 5.69 Å². The zero-order chi connectivity index (χ0) is 21.5. The Hall–Kier alpha value is -2.60. The summed E-state index contributed by atoms with van der Waals surface area (Å²) in [7, 11) is 0. The number of para-hydroxylation sites is 2. The van der Waals surface area contributed by atoms with Gasteiger partial charge in [-0.05, 0) is 56.9 Å². The monoisotopic (exact) mass is 433 g/mol. The van der Waals surface area contributed by atoms with Crippen LogP contribution >= 0.6 is 11.8 Å². The molecule has 160 valence electrons. The summed E-state index contributed by atoms with van der Waals surface area (Å²) >= 11 is 1.42. The van der Waals surface area contributed by atoms with E-state index in [4.69, 9.17) is 4.98 Å². The molecule has 0 bridgehead atoms. The lowest BCUT2D eigenvalue weighted by molar-refractivity contribution is -0.118. The first-order valence-corrected chi connectivity index (χ1v) is 12.0. The van der Waals surface area contributed by atoms with Gasteiger partial charge in [0.2, 0.25) is 5.91 Å². The second kappa shape index (κ2) is 8.15. The van der Waals surface area contributed by atoms with E-state index in [2.05, 4.69) is 13.0 Å². The number of amides is 1. The molecule has 0 radical (unpaired) electrons. The van der Waals surface area contributed by atoms with Crippen LogP contribution in [0.15, 0.2) is 58.5 Å². The number of aromatic nitrogens is 2. The predicted molar refractivity (Wildman–Crippen MR) is 126 cm³/mol. The molecule has 2 atom stereocenters. The van der Waals surface area contributed by atoms with Gasteiger partial charge in [0.25, 0.3) is 5.56 Å². The fourth-order valence-corrected chi connectivity index (χ4v) is 6.03. The van der Waals surface area contributed by atoms with Crippen molar-refractivity contribution in [3.8, 4) is 0 Å². The summed E-state index contributed by atoms with van der Waals surface area (Å²) in [5, 5.41) is 0.978. The Morgan fingerprint density at radius 3 is 2.61 bits per heavy atom. The third-order valence-corrected chi connectivity index (χ3v) is 7.59. The van der Waals surface area contributed by atoms with Crippen LogP contribution in [0.5, 0.6) is 0 Å². The first-order valence-electron chi connectivity index (χ1n) is 11.1. The van der Waals surface area contributed by atoms with Gasteiger partial charge in [0, 0.05) is 17.8 Å². The van der Waals surface area contributed by atoms with Crippen LogP contribution in [0.1, 0.15) is 51.1 Å². The van der Waals surface area contributed by atoms with Crippen LogP contribution in [-0.2, 0) is 11.2 Å². The molecular formula is C25H27N3O2S. The minimum absolute atomic E-state index is 0.0135. The number of fused-ring (bicyclic) bond motifs is 2. The lowest BCUT2D eigenvalue weighted by atomic mass is 10.1. The van der Waals surface area contributed by atoms with Crippen molar-refractivity contribution < 1.29 is 4.79 Å². The van der Waals surface area contributed by atoms with E-state index in [1.807, 2.05) is 58.9 Å². The average Bonchev–Trinajstić information content (AvgIpc) is 3.40. The molecule has 2 aromatic carbocycles. The van der Waals surface area contributed by atoms with E-state index in [0.29, 0.717) is 16.1 Å². The molecule has 31 heavy (non-hydrogen) atoms. The highest BCUT2D eigenvalue weighted by molar-refractivity contribution is 8.00. The van der Waals surface area contributed by atoms with E-state index in [0.717, 1.165) is 37.8 Å². The second-order valence-electron chi connectivity index (χ2n) is 8.68. The minimum Gasteiger partial charge on any atom is -0.308 e. The molecule has 5 nitrogen and oxygen atoms in total. The van der Waals surface area contributed by atoms with E-state index in [1.54, 1.807) is 0 Å². The van der Waals surface area contributed by atoms with Crippen molar-refractivity contribution in [1.29, 1.82) is 0 Å². The molecule has 1 aliphatic heterocycles. The van der Waals surface area contributed by atoms with Gasteiger partial charge >= 0.3 is 0 Å². The summed E-state index contributed by atoms with van der Waals surface area (Å²) < 4.78 is 1.87. The number of hydrogen-bond donors (Lipinski definition) is 0. The number of rotatable bonds is 4. The number of anilines is 1. The maximum Gasteiger partial charge on any atom is 0.262 e. The van der Waals surface area contributed by atoms with Crippen molar-refractivity contribution >= 4 is 34.3 Å². The Kier molecular flexibility index (Phi) is 5.34. The topological polar surface area (TPSA) is 55.2 Å². The van der Waals surface area contributed by atoms with Crippen molar-refractivity contribution in [3.63, 3.8) is 0 Å². The van der Waals surface area contributed by atoms with Gasteiger partial charge in [-0.2, -0.15) is 0 Å². The maximum atomic E-state index is 13.5. The highest BCUT2D eigenvalue weighted by Crippen LogP contribution is 2.36. The molecule has 2 unspecified atom stereocenters. The van der Waals surface area contributed by atoms with Crippen LogP contribution in [0.3, 0.4) is 0 Å². The lowest BCUT2D eigenvalue weighted by Gasteiger charge is -2.26. The van der Waals surface area contributed by atoms with E-state index in [9.17, 15) is 9.59 Å². The van der Waals surface area contributed by atoms with E-state index in [1.165, 1.54) is 17.3 Å². The van der Waals surface area contributed by atoms with E-state index >= 15 is 0 Å². The highest BCUT2D eigenvalue weighted by atomic mass is 32.2. The van der Waals surface area contributed by atoms with Crippen molar-refractivity contribution in [3.05, 3.63) is 64.4 Å². The Morgan fingerprint density at radius 2 is 1.81 bits per heavy atom. The number of thioether (sulfide) groups is 1. The minimum atomic E-state index is -0.339. The zero-order valence-electron chi connectivity index (χ0n) is 18.0. The van der Waals surface area contributed by atoms with Crippen LogP contribution in [0, 0.1) is 0 Å². The molecule has 0 N–H and O–H groups in total. The van der Waals surface area contributed by atoms with Crippen molar-refractivity contribution in [1.82, 2.24) is 9.55 Å². The molecule has 0 spiro atoms. The van der Waals surface area contributed by atoms with Gasteiger partial charge in [-0.1, -0.05) is 54.9 Å². The second-order valence-corrected chi connectivity index (χ2v) is 9.98. The van der Waals surface area contributed by atoms with E-state index < -0.39 is 0 Å². The summed E-state index contributed by atoms with van der Waals surface area (Å²) in [6.45, 7) is 4.03. The fourth-order valence-electron chi connectivity index (χ4n) is 5.00. The standard InChI is InChI=1S/C25H27N3O2S/c1-16-15-18-9-3-8-14-22(18)27(16)23(29)17(2)31-25-26-21-13-7-6-12-20(21)24(30)28(25)19-10-4-5-11-19/h3,6-9,12-14,16-17,19H,4-5,10-11,15H2,1-2H3. The summed E-state index contributed by atoms with van der Waals surface area (Å²) in [5.41, 5.74) is 2.93. The molecule has 3 aromatic rings. The molecule has 1 amide bonds. The third-order valence-electron chi connectivity index (χ3n) is 6.54. The number of nitrogens with zero attached hydrogens (tertiary/aromatic N) is 3. The summed E-state index contributed by atoms with van der Waals surface area (Å²) in [6, 6.07) is 15.9. The highest BCUT2D eigenvalue weighted by Gasteiger charge is 2.34. The molecule has 6 heteroatoms. The first kappa shape index (κ1) is 20.3. The number of hydrogen-bond acceptors (Lipinski definition) is 4. The van der Waals surface area contributed by atoms with Crippen molar-refractivity contribution in [2.75, 3.05) is 4.90 Å². The van der Waals surface area contributed by atoms with Gasteiger partial charge in [0.1, 0.15) is 0 Å². The van der Waals surface area contributed by atoms with Crippen molar-refractivity contribution in [2.45, 2.75) is 68.4 Å². The fraction of sp³-hybridized carbons (Fsp3) is 0.400. The molecular weight excluding hydrogens is 406 g/mol. The molecule has 2 heterocycles. The van der Waals surface area contributed by atoms with Crippen LogP contribution < -0.4 is 10.5 Å². The van der Waals surface area contributed by atoms with Gasteiger partial charge in [-0.3, -0.25) is 14.2 Å². The van der Waals surface area contributed by atoms with Crippen LogP contribution in [0.25, 0.3) is 10.9 Å². The van der Waals surface area contributed by atoms with Gasteiger partial charge in [-0.25, -0.2) is 4.98 Å². The summed E-state index contributed by atoms with van der Waals surface area (Å²) in [5.74, 6) is 0.0721. The average molecular weight is 434 g/mol. The molecule has 2 aliphatic rings. The Labute approximate surface area is 186 Å². The number of carbonyl (C=O) groups is 1. The van der Waals surface area contributed by atoms with Gasteiger partial charge in [0.15, 0.2) is 5.16 Å². The largest absolute Gasteiger partial charge is 0.308 e. The number of carbonyl (C=O) groups excluding carboxylic acids is 1. The molecule has 5 rings (SSSR count). The molecule has 1 aromatic heterocycles. The van der Waals surface area contributed by atoms with E-state index in [-0.39, 0.29) is 28.8 Å². The predicted octanol–water partition coefficient (Wildman–Crippen LogP) is 4.97. The zero-order valence-corrected chi connectivity index (χ0v) is 18.8. The smallest absolute Gasteiger partial charge is 0.262 e. The Morgan fingerprint density at radius 1 is 1.10 bits per heavy atom. The molecule has 1 aliphatic carbocycles. The Bertz CT molecular complexity index is 1200. The summed E-state index contributed by atoms with van der Waals surface area (Å²) in [4.78, 5) is 33.6. The van der Waals surface area contributed by atoms with Crippen molar-refractivity contribution in [2.24, 2.45) is 0 Å². The molecule has 0 saturated heterocycles. The summed E-state index contributed by atoms with van der Waals surface area (Å²) in [6.07, 6.45) is 5.12. The maximum absolute atomic E-state index is 13.5. The Balaban J connectivity index is 1.50. The number of benzene rings is 2. The SMILES string of the molecule is CC(Sc1nc2ccccc2c(=O)n1C1CCCC1)C(=O)N1c2ccccc2CC1C. The van der Waals surface area contributed by atoms with Gasteiger partial charge in [-0.15, -0.1) is 0 Å². The van der Waals surface area contributed by atoms with Crippen LogP contribution in [0.2, 0.25) is 0 Å². The molecule has 1 fully saturated rings. The molecule has 1 saturated carbocycles. The lowest BCUT2D eigenvalue weighted by Crippen LogP contribution is -2.40. The normalized spacial score (nSPS) is 19.7. The van der Waals surface area contributed by atoms with Gasteiger partial charge < -0.3 is 4.90 Å². The third kappa shape index (κ3) is 3.57. The van der Waals surface area contributed by atoms with Gasteiger partial charge in [0.05, 0.1) is 16.2 Å². The first-order chi connectivity index (χ1) is 15.0. The quantitative estimate of drug-likeness (QED) is 0.431.